The molecule has 6 heteroatoms. The SMILES string of the molecule is Cc1ccc(Cn2cnc3c2c(=O)n(Cc2ccccc2)c(=O)n3-c2ccc(C)cc2)cc1. The molecule has 0 atom stereocenters. The number of fused-ring (bicyclic) bond motifs is 1. The molecule has 5 rings (SSSR count). The Kier molecular flexibility index (Phi) is 5.26. The number of hydrogen-bond donors (Lipinski definition) is 0. The van der Waals surface area contributed by atoms with Crippen molar-refractivity contribution in [2.75, 3.05) is 0 Å². The topological polar surface area (TPSA) is 61.8 Å². The van der Waals surface area contributed by atoms with E-state index in [2.05, 4.69) is 4.98 Å². The van der Waals surface area contributed by atoms with E-state index in [0.29, 0.717) is 23.4 Å². The summed E-state index contributed by atoms with van der Waals surface area (Å²) in [6, 6.07) is 25.4. The van der Waals surface area contributed by atoms with Gasteiger partial charge in [0, 0.05) is 6.54 Å². The van der Waals surface area contributed by atoms with Crippen LogP contribution in [0.15, 0.2) is 94.8 Å². The maximum Gasteiger partial charge on any atom is 0.337 e. The van der Waals surface area contributed by atoms with Gasteiger partial charge in [-0.05, 0) is 37.1 Å². The normalized spacial score (nSPS) is 11.2. The molecule has 0 aliphatic heterocycles. The van der Waals surface area contributed by atoms with E-state index in [9.17, 15) is 9.59 Å². The molecule has 33 heavy (non-hydrogen) atoms. The molecule has 0 radical (unpaired) electrons. The van der Waals surface area contributed by atoms with E-state index in [1.165, 1.54) is 14.7 Å². The highest BCUT2D eigenvalue weighted by atomic mass is 16.2. The van der Waals surface area contributed by atoms with Gasteiger partial charge in [0.05, 0.1) is 18.6 Å². The van der Waals surface area contributed by atoms with Crippen LogP contribution < -0.4 is 11.2 Å². The van der Waals surface area contributed by atoms with Gasteiger partial charge in [-0.2, -0.15) is 0 Å². The van der Waals surface area contributed by atoms with Crippen molar-refractivity contribution in [2.45, 2.75) is 26.9 Å². The molecule has 0 unspecified atom stereocenters. The highest BCUT2D eigenvalue weighted by Gasteiger charge is 2.19. The van der Waals surface area contributed by atoms with Crippen LogP contribution >= 0.6 is 0 Å². The van der Waals surface area contributed by atoms with Crippen LogP contribution in [0.5, 0.6) is 0 Å². The van der Waals surface area contributed by atoms with E-state index in [1.54, 1.807) is 6.33 Å². The summed E-state index contributed by atoms with van der Waals surface area (Å²) in [5.41, 5.74) is 4.92. The molecule has 0 amide bonds. The minimum absolute atomic E-state index is 0.190. The molecule has 0 N–H and O–H groups in total. The van der Waals surface area contributed by atoms with Gasteiger partial charge < -0.3 is 4.57 Å². The number of hydrogen-bond acceptors (Lipinski definition) is 3. The van der Waals surface area contributed by atoms with Crippen LogP contribution in [0.2, 0.25) is 0 Å². The summed E-state index contributed by atoms with van der Waals surface area (Å²) >= 11 is 0. The molecular weight excluding hydrogens is 412 g/mol. The van der Waals surface area contributed by atoms with Gasteiger partial charge in [0.15, 0.2) is 11.2 Å². The molecule has 0 fully saturated rings. The standard InChI is InChI=1S/C27H24N4O2/c1-19-8-12-22(13-9-19)16-29-18-28-25-24(29)26(32)30(17-21-6-4-3-5-7-21)27(33)31(25)23-14-10-20(2)11-15-23/h3-15,18H,16-17H2,1-2H3. The van der Waals surface area contributed by atoms with E-state index in [1.807, 2.05) is 97.3 Å². The average Bonchev–Trinajstić information content (AvgIpc) is 3.23. The third kappa shape index (κ3) is 3.91. The Morgan fingerprint density at radius 2 is 1.33 bits per heavy atom. The molecule has 5 aromatic rings. The Balaban J connectivity index is 1.75. The van der Waals surface area contributed by atoms with Gasteiger partial charge >= 0.3 is 5.69 Å². The zero-order valence-corrected chi connectivity index (χ0v) is 18.6. The Morgan fingerprint density at radius 1 is 0.727 bits per heavy atom. The van der Waals surface area contributed by atoms with Crippen LogP contribution in [0.25, 0.3) is 16.9 Å². The van der Waals surface area contributed by atoms with E-state index in [-0.39, 0.29) is 12.1 Å². The van der Waals surface area contributed by atoms with E-state index in [0.717, 1.165) is 16.7 Å². The Bertz CT molecular complexity index is 1540. The molecule has 0 aliphatic carbocycles. The zero-order chi connectivity index (χ0) is 22.9. The summed E-state index contributed by atoms with van der Waals surface area (Å²) in [6.07, 6.45) is 1.64. The monoisotopic (exact) mass is 436 g/mol. The highest BCUT2D eigenvalue weighted by molar-refractivity contribution is 5.72. The minimum Gasteiger partial charge on any atom is -0.320 e. The van der Waals surface area contributed by atoms with Gasteiger partial charge in [-0.3, -0.25) is 9.36 Å². The van der Waals surface area contributed by atoms with Crippen molar-refractivity contribution in [1.82, 2.24) is 18.7 Å². The lowest BCUT2D eigenvalue weighted by atomic mass is 10.1. The number of aromatic nitrogens is 4. The molecule has 2 aromatic heterocycles. The maximum atomic E-state index is 13.6. The Morgan fingerprint density at radius 3 is 2.00 bits per heavy atom. The van der Waals surface area contributed by atoms with Gasteiger partial charge in [-0.25, -0.2) is 14.3 Å². The number of imidazole rings is 1. The second-order valence-electron chi connectivity index (χ2n) is 8.36. The lowest BCUT2D eigenvalue weighted by Crippen LogP contribution is -2.40. The predicted molar refractivity (Wildman–Crippen MR) is 130 cm³/mol. The first-order valence-corrected chi connectivity index (χ1v) is 10.9. The number of benzene rings is 3. The van der Waals surface area contributed by atoms with Crippen molar-refractivity contribution in [2.24, 2.45) is 0 Å². The third-order valence-electron chi connectivity index (χ3n) is 5.85. The summed E-state index contributed by atoms with van der Waals surface area (Å²) in [6.45, 7) is 4.72. The van der Waals surface area contributed by atoms with E-state index >= 15 is 0 Å². The van der Waals surface area contributed by atoms with Crippen LogP contribution in [-0.4, -0.2) is 18.7 Å². The number of nitrogens with zero attached hydrogens (tertiary/aromatic N) is 4. The van der Waals surface area contributed by atoms with Gasteiger partial charge in [0.1, 0.15) is 0 Å². The first-order valence-electron chi connectivity index (χ1n) is 10.9. The molecule has 6 nitrogen and oxygen atoms in total. The molecule has 0 spiro atoms. The first-order chi connectivity index (χ1) is 16.0. The van der Waals surface area contributed by atoms with E-state index in [4.69, 9.17) is 0 Å². The molecule has 0 aliphatic rings. The number of rotatable bonds is 5. The third-order valence-corrected chi connectivity index (χ3v) is 5.85. The smallest absolute Gasteiger partial charge is 0.320 e. The van der Waals surface area contributed by atoms with Crippen LogP contribution in [0.3, 0.4) is 0 Å². The zero-order valence-electron chi connectivity index (χ0n) is 18.6. The van der Waals surface area contributed by atoms with Gasteiger partial charge in [0.25, 0.3) is 5.56 Å². The Labute approximate surface area is 191 Å². The van der Waals surface area contributed by atoms with Crippen LogP contribution in [0.1, 0.15) is 22.3 Å². The fourth-order valence-electron chi connectivity index (χ4n) is 4.02. The molecular formula is C27H24N4O2. The second kappa shape index (κ2) is 8.39. The minimum atomic E-state index is -0.402. The lowest BCUT2D eigenvalue weighted by Gasteiger charge is -2.13. The summed E-state index contributed by atoms with van der Waals surface area (Å²) < 4.78 is 4.66. The van der Waals surface area contributed by atoms with Crippen molar-refractivity contribution in [3.63, 3.8) is 0 Å². The van der Waals surface area contributed by atoms with Crippen LogP contribution in [0, 0.1) is 13.8 Å². The van der Waals surface area contributed by atoms with Gasteiger partial charge in [-0.1, -0.05) is 77.9 Å². The van der Waals surface area contributed by atoms with Crippen molar-refractivity contribution in [3.05, 3.63) is 128 Å². The fraction of sp³-hybridized carbons (Fsp3) is 0.148. The summed E-state index contributed by atoms with van der Waals surface area (Å²) in [7, 11) is 0. The summed E-state index contributed by atoms with van der Waals surface area (Å²) in [5, 5.41) is 0. The van der Waals surface area contributed by atoms with Crippen molar-refractivity contribution in [3.8, 4) is 5.69 Å². The highest BCUT2D eigenvalue weighted by Crippen LogP contribution is 2.16. The van der Waals surface area contributed by atoms with Crippen molar-refractivity contribution in [1.29, 1.82) is 0 Å². The predicted octanol–water partition coefficient (Wildman–Crippen LogP) is 4.06. The molecule has 2 heterocycles. The van der Waals surface area contributed by atoms with Gasteiger partial charge in [-0.15, -0.1) is 0 Å². The molecule has 0 saturated heterocycles. The van der Waals surface area contributed by atoms with E-state index < -0.39 is 5.69 Å². The van der Waals surface area contributed by atoms with Crippen molar-refractivity contribution >= 4 is 11.2 Å². The molecule has 3 aromatic carbocycles. The first kappa shape index (κ1) is 20.7. The average molecular weight is 437 g/mol. The number of aryl methyl sites for hydroxylation is 2. The molecule has 164 valence electrons. The van der Waals surface area contributed by atoms with Crippen LogP contribution in [0.4, 0.5) is 0 Å². The second-order valence-corrected chi connectivity index (χ2v) is 8.36. The quantitative estimate of drug-likeness (QED) is 0.417. The largest absolute Gasteiger partial charge is 0.337 e. The fourth-order valence-corrected chi connectivity index (χ4v) is 4.02. The van der Waals surface area contributed by atoms with Gasteiger partial charge in [0.2, 0.25) is 0 Å². The maximum absolute atomic E-state index is 13.6. The van der Waals surface area contributed by atoms with Crippen molar-refractivity contribution < 1.29 is 0 Å². The summed E-state index contributed by atoms with van der Waals surface area (Å²) in [4.78, 5) is 31.7. The lowest BCUT2D eigenvalue weighted by molar-refractivity contribution is 0.677. The summed E-state index contributed by atoms with van der Waals surface area (Å²) in [5.74, 6) is 0. The van der Waals surface area contributed by atoms with Crippen LogP contribution in [-0.2, 0) is 13.1 Å². The Hall–Kier alpha value is -4.19. The molecule has 0 bridgehead atoms. The molecule has 0 saturated carbocycles.